The molecule has 1 aromatic heterocycles. The minimum Gasteiger partial charge on any atom is -0.361 e. The number of likely N-dealkylation sites (N-methyl/N-ethyl adjacent to an activating group) is 1. The highest BCUT2D eigenvalue weighted by molar-refractivity contribution is 5.96. The van der Waals surface area contributed by atoms with E-state index < -0.39 is 0 Å². The number of carbonyl (C=O) groups is 1. The van der Waals surface area contributed by atoms with Crippen molar-refractivity contribution in [2.45, 2.75) is 26.8 Å². The summed E-state index contributed by atoms with van der Waals surface area (Å²) in [6, 6.07) is 0.522. The molecule has 0 N–H and O–H groups in total. The summed E-state index contributed by atoms with van der Waals surface area (Å²) in [5.74, 6) is 0.687. The van der Waals surface area contributed by atoms with Gasteiger partial charge in [-0.3, -0.25) is 9.69 Å². The lowest BCUT2D eigenvalue weighted by Crippen LogP contribution is -2.64. The third-order valence-electron chi connectivity index (χ3n) is 4.77. The summed E-state index contributed by atoms with van der Waals surface area (Å²) in [5.41, 5.74) is 1.33. The van der Waals surface area contributed by atoms with Gasteiger partial charge in [0, 0.05) is 45.3 Å². The van der Waals surface area contributed by atoms with E-state index in [4.69, 9.17) is 4.52 Å². The van der Waals surface area contributed by atoms with Gasteiger partial charge in [-0.25, -0.2) is 0 Å². The van der Waals surface area contributed by atoms with Crippen LogP contribution in [0.5, 0.6) is 0 Å². The quantitative estimate of drug-likeness (QED) is 0.823. The van der Waals surface area contributed by atoms with Gasteiger partial charge < -0.3 is 14.3 Å². The molecule has 21 heavy (non-hydrogen) atoms. The molecule has 0 radical (unpaired) electrons. The normalized spacial score (nSPS) is 21.6. The number of piperazine rings is 1. The number of amides is 1. The monoisotopic (exact) mass is 292 g/mol. The van der Waals surface area contributed by atoms with Crippen molar-refractivity contribution in [3.63, 3.8) is 0 Å². The van der Waals surface area contributed by atoms with Crippen molar-refractivity contribution in [3.05, 3.63) is 17.0 Å². The number of hydrogen-bond donors (Lipinski definition) is 0. The fourth-order valence-electron chi connectivity index (χ4n) is 3.24. The first-order valence-electron chi connectivity index (χ1n) is 7.78. The molecule has 1 amide bonds. The lowest BCUT2D eigenvalue weighted by atomic mass is 10.0. The van der Waals surface area contributed by atoms with Gasteiger partial charge in [0.25, 0.3) is 5.91 Å². The van der Waals surface area contributed by atoms with Gasteiger partial charge in [-0.15, -0.1) is 0 Å². The zero-order valence-corrected chi connectivity index (χ0v) is 13.1. The molecule has 0 unspecified atom stereocenters. The molecule has 2 fully saturated rings. The molecule has 6 nitrogen and oxygen atoms in total. The molecule has 2 saturated heterocycles. The summed E-state index contributed by atoms with van der Waals surface area (Å²) in [6.07, 6.45) is 0. The Bertz CT molecular complexity index is 494. The molecule has 3 rings (SSSR count). The van der Waals surface area contributed by atoms with Crippen LogP contribution in [-0.2, 0) is 0 Å². The van der Waals surface area contributed by atoms with Crippen molar-refractivity contribution in [3.8, 4) is 0 Å². The second kappa shape index (κ2) is 5.77. The van der Waals surface area contributed by atoms with Crippen LogP contribution in [-0.4, -0.2) is 77.6 Å². The van der Waals surface area contributed by atoms with Gasteiger partial charge in [-0.1, -0.05) is 12.1 Å². The lowest BCUT2D eigenvalue weighted by molar-refractivity contribution is 0.00827. The Hall–Kier alpha value is -1.40. The first-order chi connectivity index (χ1) is 10.1. The highest BCUT2D eigenvalue weighted by atomic mass is 16.5. The van der Waals surface area contributed by atoms with Crippen molar-refractivity contribution in [1.82, 2.24) is 19.9 Å². The molecule has 0 spiro atoms. The minimum atomic E-state index is 0.0645. The van der Waals surface area contributed by atoms with E-state index in [-0.39, 0.29) is 5.91 Å². The van der Waals surface area contributed by atoms with Crippen LogP contribution >= 0.6 is 0 Å². The van der Waals surface area contributed by atoms with Crippen LogP contribution < -0.4 is 0 Å². The maximum absolute atomic E-state index is 12.5. The smallest absolute Gasteiger partial charge is 0.259 e. The predicted octanol–water partition coefficient (Wildman–Crippen LogP) is 0.753. The van der Waals surface area contributed by atoms with Crippen molar-refractivity contribution >= 4 is 5.91 Å². The summed E-state index contributed by atoms with van der Waals surface area (Å²) < 4.78 is 5.09. The van der Waals surface area contributed by atoms with Gasteiger partial charge in [-0.2, -0.15) is 0 Å². The maximum atomic E-state index is 12.5. The summed E-state index contributed by atoms with van der Waals surface area (Å²) in [5, 5.41) is 3.87. The molecule has 0 atom stereocenters. The second-order valence-corrected chi connectivity index (χ2v) is 6.03. The molecule has 2 aliphatic rings. The Morgan fingerprint density at radius 2 is 1.90 bits per heavy atom. The molecule has 0 bridgehead atoms. The number of aromatic nitrogens is 1. The Morgan fingerprint density at radius 1 is 1.24 bits per heavy atom. The van der Waals surface area contributed by atoms with Gasteiger partial charge in [0.15, 0.2) is 0 Å². The van der Waals surface area contributed by atoms with E-state index in [2.05, 4.69) is 21.9 Å². The summed E-state index contributed by atoms with van der Waals surface area (Å²) in [4.78, 5) is 19.4. The van der Waals surface area contributed by atoms with Crippen LogP contribution in [0.1, 0.15) is 28.7 Å². The predicted molar refractivity (Wildman–Crippen MR) is 79.4 cm³/mol. The highest BCUT2D eigenvalue weighted by Gasteiger charge is 2.37. The molecule has 6 heteroatoms. The SMILES string of the molecule is CCN1CCN(C2CN(C(=O)c3c(C)noc3C)C2)CC1. The standard InChI is InChI=1S/C15H24N4O2/c1-4-17-5-7-18(8-6-17)13-9-19(10-13)15(20)14-11(2)16-21-12(14)3/h13H,4-10H2,1-3H3. The fraction of sp³-hybridized carbons (Fsp3) is 0.733. The van der Waals surface area contributed by atoms with Crippen LogP contribution in [0.3, 0.4) is 0 Å². The van der Waals surface area contributed by atoms with Crippen LogP contribution in [0.2, 0.25) is 0 Å². The molecule has 2 aliphatic heterocycles. The molecule has 3 heterocycles. The van der Waals surface area contributed by atoms with Crippen molar-refractivity contribution in [2.24, 2.45) is 0 Å². The molecule has 116 valence electrons. The number of aryl methyl sites for hydroxylation is 2. The Labute approximate surface area is 125 Å². The molecule has 0 saturated carbocycles. The average Bonchev–Trinajstić information content (AvgIpc) is 2.77. The highest BCUT2D eigenvalue weighted by Crippen LogP contribution is 2.22. The minimum absolute atomic E-state index is 0.0645. The van der Waals surface area contributed by atoms with Gasteiger partial charge >= 0.3 is 0 Å². The van der Waals surface area contributed by atoms with Gasteiger partial charge in [0.1, 0.15) is 11.3 Å². The zero-order chi connectivity index (χ0) is 15.0. The van der Waals surface area contributed by atoms with Gasteiger partial charge in [-0.05, 0) is 20.4 Å². The molecular formula is C15H24N4O2. The van der Waals surface area contributed by atoms with Crippen LogP contribution in [0.4, 0.5) is 0 Å². The van der Waals surface area contributed by atoms with Crippen molar-refractivity contribution in [2.75, 3.05) is 45.8 Å². The fourth-order valence-corrected chi connectivity index (χ4v) is 3.24. The molecule has 0 aliphatic carbocycles. The third kappa shape index (κ3) is 2.70. The van der Waals surface area contributed by atoms with E-state index in [1.807, 2.05) is 11.8 Å². The second-order valence-electron chi connectivity index (χ2n) is 6.03. The number of hydrogen-bond acceptors (Lipinski definition) is 5. The van der Waals surface area contributed by atoms with E-state index in [0.29, 0.717) is 23.1 Å². The maximum Gasteiger partial charge on any atom is 0.259 e. The van der Waals surface area contributed by atoms with Crippen molar-refractivity contribution < 1.29 is 9.32 Å². The van der Waals surface area contributed by atoms with Crippen molar-refractivity contribution in [1.29, 1.82) is 0 Å². The van der Waals surface area contributed by atoms with E-state index in [9.17, 15) is 4.79 Å². The largest absolute Gasteiger partial charge is 0.361 e. The van der Waals surface area contributed by atoms with Gasteiger partial charge in [0.05, 0.1) is 5.69 Å². The van der Waals surface area contributed by atoms with Crippen LogP contribution in [0.15, 0.2) is 4.52 Å². The van der Waals surface area contributed by atoms with Gasteiger partial charge in [0.2, 0.25) is 0 Å². The summed E-state index contributed by atoms with van der Waals surface area (Å²) >= 11 is 0. The average molecular weight is 292 g/mol. The number of nitrogens with zero attached hydrogens (tertiary/aromatic N) is 4. The Morgan fingerprint density at radius 3 is 2.43 bits per heavy atom. The van der Waals surface area contributed by atoms with E-state index >= 15 is 0 Å². The van der Waals surface area contributed by atoms with E-state index in [0.717, 1.165) is 45.8 Å². The number of rotatable bonds is 3. The Balaban J connectivity index is 1.53. The molecular weight excluding hydrogens is 268 g/mol. The number of carbonyl (C=O) groups excluding carboxylic acids is 1. The van der Waals surface area contributed by atoms with E-state index in [1.165, 1.54) is 0 Å². The first kappa shape index (κ1) is 14.5. The topological polar surface area (TPSA) is 52.8 Å². The van der Waals surface area contributed by atoms with Crippen LogP contribution in [0, 0.1) is 13.8 Å². The Kier molecular flexibility index (Phi) is 3.99. The first-order valence-corrected chi connectivity index (χ1v) is 7.78. The third-order valence-corrected chi connectivity index (χ3v) is 4.77. The van der Waals surface area contributed by atoms with E-state index in [1.54, 1.807) is 6.92 Å². The molecule has 1 aromatic rings. The summed E-state index contributed by atoms with van der Waals surface area (Å²) in [6.45, 7) is 13.1. The number of likely N-dealkylation sites (tertiary alicyclic amines) is 1. The van der Waals surface area contributed by atoms with Crippen LogP contribution in [0.25, 0.3) is 0 Å². The zero-order valence-electron chi connectivity index (χ0n) is 13.1. The summed E-state index contributed by atoms with van der Waals surface area (Å²) in [7, 11) is 0. The lowest BCUT2D eigenvalue weighted by Gasteiger charge is -2.48. The molecule has 0 aromatic carbocycles.